The van der Waals surface area contributed by atoms with E-state index in [4.69, 9.17) is 0 Å². The zero-order valence-electron chi connectivity index (χ0n) is 9.09. The summed E-state index contributed by atoms with van der Waals surface area (Å²) in [6.45, 7) is 1.47. The van der Waals surface area contributed by atoms with Crippen molar-refractivity contribution in [2.75, 3.05) is 20.7 Å². The van der Waals surface area contributed by atoms with Crippen LogP contribution < -0.4 is 0 Å². The number of ether oxygens (including phenoxy) is 1. The topological polar surface area (TPSA) is 46.6 Å². The monoisotopic (exact) mass is 255 g/mol. The van der Waals surface area contributed by atoms with Crippen LogP contribution in [0.15, 0.2) is 11.8 Å². The van der Waals surface area contributed by atoms with Crippen molar-refractivity contribution < 1.29 is 23.1 Å². The molecule has 0 radical (unpaired) electrons. The van der Waals surface area contributed by atoms with Crippen molar-refractivity contribution in [3.63, 3.8) is 0 Å². The first kappa shape index (κ1) is 14.8. The fourth-order valence-corrected chi connectivity index (χ4v) is 0.926. The predicted octanol–water partition coefficient (Wildman–Crippen LogP) is 1.40. The van der Waals surface area contributed by atoms with Crippen LogP contribution in [0, 0.1) is 0 Å². The van der Waals surface area contributed by atoms with Gasteiger partial charge in [0.15, 0.2) is 0 Å². The Hall–Kier alpha value is -1.17. The molecular formula is C9H12ClF2NO3. The van der Waals surface area contributed by atoms with Crippen LogP contribution in [-0.4, -0.2) is 42.7 Å². The zero-order valence-corrected chi connectivity index (χ0v) is 9.85. The zero-order chi connectivity index (χ0) is 12.9. The Labute approximate surface area is 96.8 Å². The standard InChI is InChI=1S/C9H12ClF2NO3/c1-4-16-8(15)6(5-13(2)3)7(14)9(10,11)12/h5H,4H2,1-3H3/b6-5-. The third-order valence-electron chi connectivity index (χ3n) is 1.38. The number of Topliss-reactive ketones (excluding diaryl/α,β-unsaturated/α-hetero) is 1. The summed E-state index contributed by atoms with van der Waals surface area (Å²) < 4.78 is 29.6. The van der Waals surface area contributed by atoms with E-state index in [2.05, 4.69) is 16.3 Å². The minimum atomic E-state index is -4.12. The van der Waals surface area contributed by atoms with E-state index < -0.39 is 22.7 Å². The minimum absolute atomic E-state index is 0.0231. The van der Waals surface area contributed by atoms with Crippen molar-refractivity contribution >= 4 is 23.4 Å². The Morgan fingerprint density at radius 2 is 1.94 bits per heavy atom. The van der Waals surface area contributed by atoms with Gasteiger partial charge >= 0.3 is 11.4 Å². The summed E-state index contributed by atoms with van der Waals surface area (Å²) in [6, 6.07) is 0. The number of nitrogens with zero attached hydrogens (tertiary/aromatic N) is 1. The molecule has 0 aromatic heterocycles. The Morgan fingerprint density at radius 1 is 1.44 bits per heavy atom. The van der Waals surface area contributed by atoms with E-state index in [-0.39, 0.29) is 6.61 Å². The fourth-order valence-electron chi connectivity index (χ4n) is 0.824. The van der Waals surface area contributed by atoms with Gasteiger partial charge in [0.1, 0.15) is 5.57 Å². The van der Waals surface area contributed by atoms with Gasteiger partial charge in [0.05, 0.1) is 6.61 Å². The molecule has 0 aromatic rings. The second kappa shape index (κ2) is 5.79. The molecule has 0 bridgehead atoms. The molecule has 0 fully saturated rings. The molecule has 0 atom stereocenters. The van der Waals surface area contributed by atoms with E-state index in [0.29, 0.717) is 0 Å². The molecule has 0 saturated heterocycles. The van der Waals surface area contributed by atoms with Crippen molar-refractivity contribution in [2.24, 2.45) is 0 Å². The van der Waals surface area contributed by atoms with Gasteiger partial charge in [-0.2, -0.15) is 8.78 Å². The molecule has 16 heavy (non-hydrogen) atoms. The molecule has 0 saturated carbocycles. The summed E-state index contributed by atoms with van der Waals surface area (Å²) in [5, 5.41) is -4.12. The summed E-state index contributed by atoms with van der Waals surface area (Å²) in [7, 11) is 2.94. The third kappa shape index (κ3) is 4.57. The lowest BCUT2D eigenvalue weighted by molar-refractivity contribution is -0.142. The summed E-state index contributed by atoms with van der Waals surface area (Å²) in [5.41, 5.74) is -0.785. The van der Waals surface area contributed by atoms with Gasteiger partial charge < -0.3 is 9.64 Å². The minimum Gasteiger partial charge on any atom is -0.462 e. The quantitative estimate of drug-likeness (QED) is 0.245. The fraction of sp³-hybridized carbons (Fsp3) is 0.556. The summed E-state index contributed by atoms with van der Waals surface area (Å²) in [6.07, 6.45) is 0.941. The van der Waals surface area contributed by atoms with Crippen LogP contribution in [0.5, 0.6) is 0 Å². The first-order valence-corrected chi connectivity index (χ1v) is 4.74. The normalized spacial score (nSPS) is 12.2. The molecule has 4 nitrogen and oxygen atoms in total. The number of alkyl halides is 3. The van der Waals surface area contributed by atoms with Gasteiger partial charge in [-0.25, -0.2) is 4.79 Å². The van der Waals surface area contributed by atoms with Gasteiger partial charge in [-0.3, -0.25) is 4.79 Å². The van der Waals surface area contributed by atoms with Crippen molar-refractivity contribution in [1.29, 1.82) is 0 Å². The maximum Gasteiger partial charge on any atom is 0.385 e. The van der Waals surface area contributed by atoms with Crippen molar-refractivity contribution in [3.8, 4) is 0 Å². The number of esters is 1. The van der Waals surface area contributed by atoms with Gasteiger partial charge in [0.25, 0.3) is 5.78 Å². The van der Waals surface area contributed by atoms with Crippen LogP contribution >= 0.6 is 11.6 Å². The molecule has 0 aliphatic carbocycles. The predicted molar refractivity (Wildman–Crippen MR) is 54.2 cm³/mol. The summed E-state index contributed by atoms with van der Waals surface area (Å²) >= 11 is 4.56. The van der Waals surface area contributed by atoms with Crippen LogP contribution in [0.1, 0.15) is 6.92 Å². The van der Waals surface area contributed by atoms with Crippen LogP contribution in [0.3, 0.4) is 0 Å². The number of hydrogen-bond acceptors (Lipinski definition) is 4. The Kier molecular flexibility index (Phi) is 5.37. The van der Waals surface area contributed by atoms with Gasteiger partial charge in [-0.1, -0.05) is 0 Å². The molecule has 0 aromatic carbocycles. The number of rotatable bonds is 5. The number of carbonyl (C=O) groups excluding carboxylic acids is 2. The van der Waals surface area contributed by atoms with Gasteiger partial charge in [0.2, 0.25) is 0 Å². The van der Waals surface area contributed by atoms with Gasteiger partial charge in [-0.05, 0) is 18.5 Å². The summed E-state index contributed by atoms with van der Waals surface area (Å²) in [5.74, 6) is -2.90. The van der Waals surface area contributed by atoms with Gasteiger partial charge in [-0.15, -0.1) is 0 Å². The number of ketones is 1. The smallest absolute Gasteiger partial charge is 0.385 e. The molecule has 92 valence electrons. The molecule has 0 amide bonds. The summed E-state index contributed by atoms with van der Waals surface area (Å²) in [4.78, 5) is 23.6. The third-order valence-corrected chi connectivity index (χ3v) is 1.56. The molecule has 7 heteroatoms. The highest BCUT2D eigenvalue weighted by Crippen LogP contribution is 2.24. The molecule has 0 aliphatic rings. The van der Waals surface area contributed by atoms with E-state index in [9.17, 15) is 18.4 Å². The van der Waals surface area contributed by atoms with E-state index in [1.807, 2.05) is 0 Å². The number of halogens is 3. The van der Waals surface area contributed by atoms with Crippen LogP contribution in [-0.2, 0) is 14.3 Å². The molecule has 0 unspecified atom stereocenters. The Morgan fingerprint density at radius 3 is 2.25 bits per heavy atom. The average Bonchev–Trinajstić information content (AvgIpc) is 2.11. The first-order chi connectivity index (χ1) is 7.20. The first-order valence-electron chi connectivity index (χ1n) is 4.37. The lowest BCUT2D eigenvalue weighted by atomic mass is 10.2. The number of carbonyl (C=O) groups is 2. The second-order valence-electron chi connectivity index (χ2n) is 3.05. The Bertz CT molecular complexity index is 310. The van der Waals surface area contributed by atoms with Crippen molar-refractivity contribution in [3.05, 3.63) is 11.8 Å². The highest BCUT2D eigenvalue weighted by Gasteiger charge is 2.41. The Balaban J connectivity index is 5.12. The van der Waals surface area contributed by atoms with E-state index in [0.717, 1.165) is 6.20 Å². The van der Waals surface area contributed by atoms with Crippen molar-refractivity contribution in [2.45, 2.75) is 12.3 Å². The van der Waals surface area contributed by atoms with Crippen molar-refractivity contribution in [1.82, 2.24) is 4.90 Å². The molecule has 0 heterocycles. The van der Waals surface area contributed by atoms with E-state index in [1.165, 1.54) is 25.9 Å². The van der Waals surface area contributed by atoms with Crippen LogP contribution in [0.25, 0.3) is 0 Å². The average molecular weight is 256 g/mol. The molecular weight excluding hydrogens is 244 g/mol. The van der Waals surface area contributed by atoms with E-state index in [1.54, 1.807) is 0 Å². The molecule has 0 rings (SSSR count). The maximum atomic E-state index is 12.6. The molecule has 0 spiro atoms. The number of hydrogen-bond donors (Lipinski definition) is 0. The maximum absolute atomic E-state index is 12.6. The lowest BCUT2D eigenvalue weighted by Gasteiger charge is -2.12. The largest absolute Gasteiger partial charge is 0.462 e. The van der Waals surface area contributed by atoms with E-state index >= 15 is 0 Å². The lowest BCUT2D eigenvalue weighted by Crippen LogP contribution is -2.29. The van der Waals surface area contributed by atoms with Crippen LogP contribution in [0.2, 0.25) is 0 Å². The van der Waals surface area contributed by atoms with Gasteiger partial charge in [0, 0.05) is 20.3 Å². The second-order valence-corrected chi connectivity index (χ2v) is 3.53. The van der Waals surface area contributed by atoms with Crippen LogP contribution in [0.4, 0.5) is 8.78 Å². The highest BCUT2D eigenvalue weighted by molar-refractivity contribution is 6.38. The highest BCUT2D eigenvalue weighted by atomic mass is 35.5. The molecule has 0 N–H and O–H groups in total. The molecule has 0 aliphatic heterocycles. The SMILES string of the molecule is CCOC(=O)/C(=C\N(C)C)C(=O)C(F)(F)Cl.